The molecule has 0 unspecified atom stereocenters. The summed E-state index contributed by atoms with van der Waals surface area (Å²) < 4.78 is 5.18. The van der Waals surface area contributed by atoms with Gasteiger partial charge >= 0.3 is 0 Å². The summed E-state index contributed by atoms with van der Waals surface area (Å²) in [5.41, 5.74) is 0. The highest BCUT2D eigenvalue weighted by Gasteiger charge is 1.76. The third-order valence-electron chi connectivity index (χ3n) is 0.553. The van der Waals surface area contributed by atoms with Crippen molar-refractivity contribution in [3.8, 4) is 0 Å². The van der Waals surface area contributed by atoms with E-state index in [0.717, 1.165) is 6.61 Å². The summed E-state index contributed by atoms with van der Waals surface area (Å²) in [6, 6.07) is 0. The van der Waals surface area contributed by atoms with Crippen molar-refractivity contribution in [3.05, 3.63) is 0 Å². The molecular formula is C3H12OSi2. The molecule has 0 spiro atoms. The van der Waals surface area contributed by atoms with Gasteiger partial charge in [0.2, 0.25) is 0 Å². The second-order valence-electron chi connectivity index (χ2n) is 1.20. The molecular weight excluding hydrogens is 108 g/mol. The van der Waals surface area contributed by atoms with Gasteiger partial charge in [-0.15, -0.1) is 0 Å². The SMILES string of the molecule is CCO[SiH2][SiH2]C. The second-order valence-corrected chi connectivity index (χ2v) is 7.24. The summed E-state index contributed by atoms with van der Waals surface area (Å²) in [6.45, 7) is 5.33. The van der Waals surface area contributed by atoms with Gasteiger partial charge in [-0.05, 0) is 6.92 Å². The Balaban J connectivity index is 2.34. The summed E-state index contributed by atoms with van der Waals surface area (Å²) >= 11 is 0. The lowest BCUT2D eigenvalue weighted by Crippen LogP contribution is -2.03. The Bertz CT molecular complexity index is 20.8. The van der Waals surface area contributed by atoms with Gasteiger partial charge in [-0.3, -0.25) is 0 Å². The van der Waals surface area contributed by atoms with Crippen LogP contribution in [0.3, 0.4) is 0 Å². The van der Waals surface area contributed by atoms with Crippen LogP contribution in [0.25, 0.3) is 0 Å². The molecule has 0 atom stereocenters. The predicted octanol–water partition coefficient (Wildman–Crippen LogP) is -0.761. The zero-order valence-electron chi connectivity index (χ0n) is 4.53. The maximum atomic E-state index is 5.18. The molecule has 0 aliphatic carbocycles. The van der Waals surface area contributed by atoms with Crippen LogP contribution in [-0.2, 0) is 4.43 Å². The fourth-order valence-corrected chi connectivity index (χ4v) is 2.60. The highest BCUT2D eigenvalue weighted by molar-refractivity contribution is 6.96. The first kappa shape index (κ1) is 6.39. The maximum absolute atomic E-state index is 5.18. The van der Waals surface area contributed by atoms with Crippen LogP contribution in [0.5, 0.6) is 0 Å². The van der Waals surface area contributed by atoms with Gasteiger partial charge in [0, 0.05) is 15.6 Å². The lowest BCUT2D eigenvalue weighted by molar-refractivity contribution is 0.370. The van der Waals surface area contributed by atoms with E-state index in [0.29, 0.717) is 9.04 Å². The third kappa shape index (κ3) is 4.39. The molecule has 3 heteroatoms. The van der Waals surface area contributed by atoms with Crippen molar-refractivity contribution >= 4 is 18.3 Å². The molecule has 0 aliphatic rings. The van der Waals surface area contributed by atoms with E-state index in [-0.39, 0.29) is 9.28 Å². The molecule has 0 radical (unpaired) electrons. The zero-order valence-corrected chi connectivity index (χ0v) is 7.36. The summed E-state index contributed by atoms with van der Waals surface area (Å²) in [4.78, 5) is 0. The first-order chi connectivity index (χ1) is 2.91. The quantitative estimate of drug-likeness (QED) is 0.351. The monoisotopic (exact) mass is 120 g/mol. The molecule has 38 valence electrons. The minimum atomic E-state index is 0.0606. The Kier molecular flexibility index (Phi) is 5.75. The van der Waals surface area contributed by atoms with Crippen LogP contribution < -0.4 is 0 Å². The lowest BCUT2D eigenvalue weighted by Gasteiger charge is -1.90. The summed E-state index contributed by atoms with van der Waals surface area (Å²) in [6.07, 6.45) is 0. The van der Waals surface area contributed by atoms with E-state index in [2.05, 4.69) is 13.5 Å². The standard InChI is InChI=1S/C3H12OSi2/c1-3-4-6-5-2/h3,5-6H2,1-2H3. The van der Waals surface area contributed by atoms with E-state index in [1.807, 2.05) is 0 Å². The topological polar surface area (TPSA) is 9.23 Å². The van der Waals surface area contributed by atoms with Gasteiger partial charge in [-0.2, -0.15) is 0 Å². The summed E-state index contributed by atoms with van der Waals surface area (Å²) in [5, 5.41) is 0. The van der Waals surface area contributed by atoms with Gasteiger partial charge in [0.25, 0.3) is 0 Å². The van der Waals surface area contributed by atoms with Crippen molar-refractivity contribution in [2.45, 2.75) is 13.5 Å². The van der Waals surface area contributed by atoms with Crippen molar-refractivity contribution in [3.63, 3.8) is 0 Å². The zero-order chi connectivity index (χ0) is 4.83. The van der Waals surface area contributed by atoms with Crippen molar-refractivity contribution < 1.29 is 4.43 Å². The average Bonchev–Trinajstić information content (AvgIpc) is 1.61. The van der Waals surface area contributed by atoms with E-state index in [1.54, 1.807) is 0 Å². The van der Waals surface area contributed by atoms with Gasteiger partial charge < -0.3 is 4.43 Å². The number of hydrogen-bond donors (Lipinski definition) is 0. The molecule has 0 rings (SSSR count). The van der Waals surface area contributed by atoms with E-state index in [1.165, 1.54) is 0 Å². The van der Waals surface area contributed by atoms with Crippen molar-refractivity contribution in [2.75, 3.05) is 6.61 Å². The Hall–Kier alpha value is 0.394. The minimum Gasteiger partial charge on any atom is -0.428 e. The van der Waals surface area contributed by atoms with Crippen LogP contribution in [0.2, 0.25) is 6.55 Å². The van der Waals surface area contributed by atoms with E-state index >= 15 is 0 Å². The van der Waals surface area contributed by atoms with Crippen molar-refractivity contribution in [2.24, 2.45) is 0 Å². The average molecular weight is 120 g/mol. The molecule has 0 saturated heterocycles. The molecule has 6 heavy (non-hydrogen) atoms. The second kappa shape index (κ2) is 5.39. The van der Waals surface area contributed by atoms with Crippen LogP contribution in [-0.4, -0.2) is 24.9 Å². The Labute approximate surface area is 43.6 Å². The van der Waals surface area contributed by atoms with Crippen LogP contribution in [0.1, 0.15) is 6.92 Å². The minimum absolute atomic E-state index is 0.0606. The number of hydrogen-bond acceptors (Lipinski definition) is 1. The molecule has 0 aromatic rings. The molecule has 0 saturated carbocycles. The summed E-state index contributed by atoms with van der Waals surface area (Å²) in [7, 11) is 0.380. The lowest BCUT2D eigenvalue weighted by atomic mass is 10.9. The molecule has 0 heterocycles. The maximum Gasteiger partial charge on any atom is 0.143 e. The van der Waals surface area contributed by atoms with Crippen molar-refractivity contribution in [1.82, 2.24) is 0 Å². The van der Waals surface area contributed by atoms with Gasteiger partial charge in [0.05, 0.1) is 0 Å². The highest BCUT2D eigenvalue weighted by Crippen LogP contribution is 1.62. The Morgan fingerprint density at radius 1 is 1.67 bits per heavy atom. The van der Waals surface area contributed by atoms with Gasteiger partial charge in [-0.25, -0.2) is 0 Å². The van der Waals surface area contributed by atoms with Gasteiger partial charge in [0.1, 0.15) is 9.28 Å². The number of rotatable bonds is 3. The highest BCUT2D eigenvalue weighted by atomic mass is 29.2. The van der Waals surface area contributed by atoms with E-state index < -0.39 is 0 Å². The fourth-order valence-electron chi connectivity index (χ4n) is 0.289. The van der Waals surface area contributed by atoms with Gasteiger partial charge in [-0.1, -0.05) is 6.55 Å². The molecule has 0 N–H and O–H groups in total. The Morgan fingerprint density at radius 2 is 2.33 bits per heavy atom. The van der Waals surface area contributed by atoms with Crippen LogP contribution in [0.15, 0.2) is 0 Å². The van der Waals surface area contributed by atoms with Crippen LogP contribution >= 0.6 is 0 Å². The first-order valence-corrected chi connectivity index (χ1v) is 8.48. The predicted molar refractivity (Wildman–Crippen MR) is 34.6 cm³/mol. The smallest absolute Gasteiger partial charge is 0.143 e. The van der Waals surface area contributed by atoms with Crippen molar-refractivity contribution in [1.29, 1.82) is 0 Å². The molecule has 0 bridgehead atoms. The summed E-state index contributed by atoms with van der Waals surface area (Å²) in [5.74, 6) is 0. The molecule has 0 aromatic heterocycles. The normalized spacial score (nSPS) is 13.0. The molecule has 0 amide bonds. The molecule has 0 aromatic carbocycles. The largest absolute Gasteiger partial charge is 0.428 e. The van der Waals surface area contributed by atoms with E-state index in [9.17, 15) is 0 Å². The fraction of sp³-hybridized carbons (Fsp3) is 1.00. The molecule has 0 fully saturated rings. The first-order valence-electron chi connectivity index (χ1n) is 2.49. The van der Waals surface area contributed by atoms with Gasteiger partial charge in [0.15, 0.2) is 0 Å². The van der Waals surface area contributed by atoms with Crippen LogP contribution in [0, 0.1) is 0 Å². The molecule has 1 nitrogen and oxygen atoms in total. The van der Waals surface area contributed by atoms with E-state index in [4.69, 9.17) is 4.43 Å². The molecule has 0 aliphatic heterocycles. The van der Waals surface area contributed by atoms with Crippen LogP contribution in [0.4, 0.5) is 0 Å². The Morgan fingerprint density at radius 3 is 2.50 bits per heavy atom. The third-order valence-corrected chi connectivity index (χ3v) is 3.75.